The maximum Gasteiger partial charge on any atom is 0.327 e. The number of nitrogens with zero attached hydrogens (tertiary/aromatic N) is 1. The summed E-state index contributed by atoms with van der Waals surface area (Å²) in [6, 6.07) is 6.57. The van der Waals surface area contributed by atoms with Crippen molar-refractivity contribution in [3.8, 4) is 0 Å². The van der Waals surface area contributed by atoms with Crippen LogP contribution in [0, 0.1) is 6.92 Å². The summed E-state index contributed by atoms with van der Waals surface area (Å²) in [6.45, 7) is 8.40. The van der Waals surface area contributed by atoms with Gasteiger partial charge in [0.05, 0.1) is 7.11 Å². The van der Waals surface area contributed by atoms with E-state index in [4.69, 9.17) is 4.74 Å². The highest BCUT2D eigenvalue weighted by molar-refractivity contribution is 5.81. The van der Waals surface area contributed by atoms with Gasteiger partial charge in [-0.1, -0.05) is 24.6 Å². The zero-order chi connectivity index (χ0) is 15.5. The van der Waals surface area contributed by atoms with Crippen molar-refractivity contribution in [2.45, 2.75) is 39.2 Å². The molecular weight excluding hydrogens is 264 g/mol. The molecule has 0 amide bonds. The molecule has 4 nitrogen and oxygen atoms in total. The number of carbonyl (C=O) groups is 1. The largest absolute Gasteiger partial charge is 0.468 e. The third kappa shape index (κ3) is 3.38. The second kappa shape index (κ2) is 6.48. The van der Waals surface area contributed by atoms with Gasteiger partial charge in [-0.3, -0.25) is 0 Å². The Kier molecular flexibility index (Phi) is 4.88. The lowest BCUT2D eigenvalue weighted by Gasteiger charge is -2.38. The van der Waals surface area contributed by atoms with Crippen LogP contribution in [0.3, 0.4) is 0 Å². The standard InChI is InChI=1S/C17H26N2O2/c1-5-18-17(3,16(20)21-4)12-19-10-6-7-14-11-13(2)8-9-15(14)19/h8-9,11,18H,5-7,10,12H2,1-4H3. The molecule has 0 fully saturated rings. The van der Waals surface area contributed by atoms with Gasteiger partial charge >= 0.3 is 5.97 Å². The fourth-order valence-electron chi connectivity index (χ4n) is 3.16. The van der Waals surface area contributed by atoms with E-state index in [0.29, 0.717) is 6.54 Å². The van der Waals surface area contributed by atoms with Crippen molar-refractivity contribution in [3.63, 3.8) is 0 Å². The summed E-state index contributed by atoms with van der Waals surface area (Å²) < 4.78 is 4.99. The molecule has 1 unspecified atom stereocenters. The molecule has 21 heavy (non-hydrogen) atoms. The number of hydrogen-bond acceptors (Lipinski definition) is 4. The normalized spacial score (nSPS) is 17.0. The number of nitrogens with one attached hydrogen (secondary N) is 1. The monoisotopic (exact) mass is 290 g/mol. The SMILES string of the molecule is CCNC(C)(CN1CCCc2cc(C)ccc21)C(=O)OC. The van der Waals surface area contributed by atoms with E-state index in [1.165, 1.54) is 23.9 Å². The summed E-state index contributed by atoms with van der Waals surface area (Å²) in [5.74, 6) is -0.205. The van der Waals surface area contributed by atoms with E-state index < -0.39 is 5.54 Å². The second-order valence-corrected chi connectivity index (χ2v) is 6.01. The summed E-state index contributed by atoms with van der Waals surface area (Å²) in [7, 11) is 1.45. The highest BCUT2D eigenvalue weighted by atomic mass is 16.5. The van der Waals surface area contributed by atoms with Crippen molar-refractivity contribution in [2.75, 3.05) is 31.6 Å². The number of anilines is 1. The molecular formula is C17H26N2O2. The van der Waals surface area contributed by atoms with Crippen LogP contribution in [0.15, 0.2) is 18.2 Å². The second-order valence-electron chi connectivity index (χ2n) is 6.01. The van der Waals surface area contributed by atoms with E-state index in [2.05, 4.69) is 35.3 Å². The first-order valence-electron chi connectivity index (χ1n) is 7.68. The molecule has 1 atom stereocenters. The lowest BCUT2D eigenvalue weighted by atomic mass is 9.95. The number of esters is 1. The molecule has 0 aliphatic carbocycles. The maximum absolute atomic E-state index is 12.2. The summed E-state index contributed by atoms with van der Waals surface area (Å²) in [5.41, 5.74) is 3.24. The predicted molar refractivity (Wildman–Crippen MR) is 85.8 cm³/mol. The minimum Gasteiger partial charge on any atom is -0.468 e. The first-order valence-corrected chi connectivity index (χ1v) is 7.68. The number of likely N-dealkylation sites (N-methyl/N-ethyl adjacent to an activating group) is 1. The Morgan fingerprint density at radius 1 is 1.48 bits per heavy atom. The van der Waals surface area contributed by atoms with Crippen LogP contribution in [-0.4, -0.2) is 38.3 Å². The first-order chi connectivity index (χ1) is 10.00. The molecule has 1 heterocycles. The molecule has 116 valence electrons. The third-order valence-corrected chi connectivity index (χ3v) is 4.16. The minimum absolute atomic E-state index is 0.205. The van der Waals surface area contributed by atoms with E-state index >= 15 is 0 Å². The highest BCUT2D eigenvalue weighted by Gasteiger charge is 2.36. The van der Waals surface area contributed by atoms with Crippen LogP contribution in [-0.2, 0) is 16.0 Å². The van der Waals surface area contributed by atoms with Crippen molar-refractivity contribution < 1.29 is 9.53 Å². The van der Waals surface area contributed by atoms with Crippen LogP contribution >= 0.6 is 0 Å². The number of hydrogen-bond donors (Lipinski definition) is 1. The van der Waals surface area contributed by atoms with Gasteiger partial charge in [-0.05, 0) is 44.9 Å². The van der Waals surface area contributed by atoms with Gasteiger partial charge in [0, 0.05) is 18.8 Å². The fraction of sp³-hybridized carbons (Fsp3) is 0.588. The molecule has 0 radical (unpaired) electrons. The molecule has 2 rings (SSSR count). The topological polar surface area (TPSA) is 41.6 Å². The molecule has 0 spiro atoms. The third-order valence-electron chi connectivity index (χ3n) is 4.16. The molecule has 1 aromatic rings. The molecule has 1 aromatic carbocycles. The van der Waals surface area contributed by atoms with Crippen LogP contribution in [0.1, 0.15) is 31.4 Å². The van der Waals surface area contributed by atoms with Gasteiger partial charge in [-0.15, -0.1) is 0 Å². The molecule has 1 aliphatic heterocycles. The average molecular weight is 290 g/mol. The van der Waals surface area contributed by atoms with E-state index in [1.807, 2.05) is 13.8 Å². The van der Waals surface area contributed by atoms with Crippen molar-refractivity contribution in [2.24, 2.45) is 0 Å². The van der Waals surface area contributed by atoms with Gasteiger partial charge in [-0.25, -0.2) is 4.79 Å². The van der Waals surface area contributed by atoms with Crippen LogP contribution in [0.5, 0.6) is 0 Å². The predicted octanol–water partition coefficient (Wildman–Crippen LogP) is 2.29. The Labute approximate surface area is 127 Å². The Morgan fingerprint density at radius 3 is 2.90 bits per heavy atom. The fourth-order valence-corrected chi connectivity index (χ4v) is 3.16. The van der Waals surface area contributed by atoms with Gasteiger partial charge < -0.3 is 15.0 Å². The highest BCUT2D eigenvalue weighted by Crippen LogP contribution is 2.29. The van der Waals surface area contributed by atoms with Crippen LogP contribution in [0.25, 0.3) is 0 Å². The van der Waals surface area contributed by atoms with Gasteiger partial charge in [0.1, 0.15) is 5.54 Å². The molecule has 1 N–H and O–H groups in total. The van der Waals surface area contributed by atoms with Crippen molar-refractivity contribution in [1.29, 1.82) is 0 Å². The Morgan fingerprint density at radius 2 is 2.24 bits per heavy atom. The molecule has 4 heteroatoms. The summed E-state index contributed by atoms with van der Waals surface area (Å²) >= 11 is 0. The smallest absolute Gasteiger partial charge is 0.327 e. The van der Waals surface area contributed by atoms with E-state index in [9.17, 15) is 4.79 Å². The van der Waals surface area contributed by atoms with E-state index in [1.54, 1.807) is 0 Å². The van der Waals surface area contributed by atoms with Gasteiger partial charge in [0.2, 0.25) is 0 Å². The number of fused-ring (bicyclic) bond motifs is 1. The van der Waals surface area contributed by atoms with Crippen molar-refractivity contribution >= 4 is 11.7 Å². The molecule has 1 aliphatic rings. The van der Waals surface area contributed by atoms with Crippen molar-refractivity contribution in [3.05, 3.63) is 29.3 Å². The molecule has 0 saturated heterocycles. The molecule has 0 bridgehead atoms. The van der Waals surface area contributed by atoms with Gasteiger partial charge in [0.15, 0.2) is 0 Å². The lowest BCUT2D eigenvalue weighted by Crippen LogP contribution is -2.58. The number of rotatable bonds is 5. The number of ether oxygens (including phenoxy) is 1. The quantitative estimate of drug-likeness (QED) is 0.845. The summed E-state index contributed by atoms with van der Waals surface area (Å²) in [6.07, 6.45) is 2.24. The zero-order valence-corrected chi connectivity index (χ0v) is 13.5. The Balaban J connectivity index is 2.25. The number of methoxy groups -OCH3 is 1. The number of aryl methyl sites for hydroxylation is 2. The van der Waals surface area contributed by atoms with E-state index in [-0.39, 0.29) is 5.97 Å². The number of benzene rings is 1. The Bertz CT molecular complexity index is 516. The van der Waals surface area contributed by atoms with Crippen LogP contribution in [0.2, 0.25) is 0 Å². The van der Waals surface area contributed by atoms with Gasteiger partial charge in [-0.2, -0.15) is 0 Å². The van der Waals surface area contributed by atoms with Crippen molar-refractivity contribution in [1.82, 2.24) is 5.32 Å². The maximum atomic E-state index is 12.2. The Hall–Kier alpha value is -1.55. The zero-order valence-electron chi connectivity index (χ0n) is 13.5. The minimum atomic E-state index is -0.678. The molecule has 0 saturated carbocycles. The molecule has 0 aromatic heterocycles. The summed E-state index contributed by atoms with van der Waals surface area (Å²) in [4.78, 5) is 14.5. The van der Waals surface area contributed by atoms with Crippen LogP contribution in [0.4, 0.5) is 5.69 Å². The number of carbonyl (C=O) groups excluding carboxylic acids is 1. The summed E-state index contributed by atoms with van der Waals surface area (Å²) in [5, 5.41) is 3.28. The van der Waals surface area contributed by atoms with E-state index in [0.717, 1.165) is 25.9 Å². The lowest BCUT2D eigenvalue weighted by molar-refractivity contribution is -0.147. The average Bonchev–Trinajstić information content (AvgIpc) is 2.46. The van der Waals surface area contributed by atoms with Crippen LogP contribution < -0.4 is 10.2 Å². The van der Waals surface area contributed by atoms with Gasteiger partial charge in [0.25, 0.3) is 0 Å². The first kappa shape index (κ1) is 15.8.